The van der Waals surface area contributed by atoms with Gasteiger partial charge in [0, 0.05) is 45.8 Å². The molecule has 0 bridgehead atoms. The van der Waals surface area contributed by atoms with Crippen LogP contribution in [0.2, 0.25) is 0 Å². The Hall–Kier alpha value is -0.620. The molecular formula is C30H59N2NaO16. The van der Waals surface area contributed by atoms with E-state index in [1.165, 1.54) is 14.2 Å². The first kappa shape index (κ1) is 48.4. The molecule has 49 heavy (non-hydrogen) atoms. The molecule has 2 heterocycles. The van der Waals surface area contributed by atoms with Gasteiger partial charge in [0.15, 0.2) is 12.6 Å². The first-order valence-corrected chi connectivity index (χ1v) is 16.1. The summed E-state index contributed by atoms with van der Waals surface area (Å²) >= 11 is 0. The minimum absolute atomic E-state index is 0. The predicted molar refractivity (Wildman–Crippen MR) is 168 cm³/mol. The molecular weight excluding hydrogens is 667 g/mol. The van der Waals surface area contributed by atoms with Gasteiger partial charge < -0.3 is 80.6 Å². The number of nitrogens with one attached hydrogen (secondary N) is 1. The largest absolute Gasteiger partial charge is 1.00 e. The zero-order valence-corrected chi connectivity index (χ0v) is 31.5. The van der Waals surface area contributed by atoms with Gasteiger partial charge in [0.05, 0.1) is 64.1 Å². The molecule has 19 heteroatoms. The predicted octanol–water partition coefficient (Wildman–Crippen LogP) is -5.43. The van der Waals surface area contributed by atoms with Crippen molar-refractivity contribution in [1.29, 1.82) is 0 Å². The minimum Gasteiger partial charge on any atom is -1.00 e. The Balaban J connectivity index is 0. The molecule has 0 aromatic carbocycles. The Bertz CT molecular complexity index is 855. The molecule has 0 spiro atoms. The van der Waals surface area contributed by atoms with Crippen LogP contribution in [0.15, 0.2) is 0 Å². The van der Waals surface area contributed by atoms with Crippen LogP contribution in [0.3, 0.4) is 0 Å². The summed E-state index contributed by atoms with van der Waals surface area (Å²) in [5, 5.41) is 50.4. The number of carbonyl (C=O) groups excluding carboxylic acids is 1. The number of nitrogens with two attached hydrogens (primary N) is 1. The molecule has 0 saturated carbocycles. The number of methoxy groups -OCH3 is 2. The van der Waals surface area contributed by atoms with Gasteiger partial charge >= 0.3 is 35.5 Å². The number of hydrogen-bond donors (Lipinski definition) is 7. The zero-order valence-electron chi connectivity index (χ0n) is 30.5. The van der Waals surface area contributed by atoms with Crippen molar-refractivity contribution in [3.05, 3.63) is 0 Å². The molecule has 2 saturated heterocycles. The van der Waals surface area contributed by atoms with Crippen LogP contribution in [0.1, 0.15) is 28.1 Å². The van der Waals surface area contributed by atoms with E-state index in [1.54, 1.807) is 13.8 Å². The van der Waals surface area contributed by atoms with Crippen LogP contribution in [0.4, 0.5) is 0 Å². The average Bonchev–Trinajstić information content (AvgIpc) is 3.07. The van der Waals surface area contributed by atoms with Crippen LogP contribution < -0.4 is 40.6 Å². The van der Waals surface area contributed by atoms with Crippen LogP contribution in [-0.4, -0.2) is 180 Å². The minimum atomic E-state index is -1.12. The van der Waals surface area contributed by atoms with E-state index in [2.05, 4.69) is 5.32 Å². The van der Waals surface area contributed by atoms with E-state index in [0.717, 1.165) is 6.42 Å². The Morgan fingerprint density at radius 3 is 1.55 bits per heavy atom. The fourth-order valence-electron chi connectivity index (χ4n) is 4.62. The Morgan fingerprint density at radius 1 is 0.694 bits per heavy atom. The summed E-state index contributed by atoms with van der Waals surface area (Å²) in [7, 11) is 2.74. The van der Waals surface area contributed by atoms with Crippen LogP contribution in [0, 0.1) is 11.8 Å². The summed E-state index contributed by atoms with van der Waals surface area (Å²) in [5.74, 6) is -2.04. The Kier molecular flexibility index (Phi) is 28.5. The fourth-order valence-corrected chi connectivity index (χ4v) is 4.62. The number of carboxylic acids is 1. The maximum Gasteiger partial charge on any atom is 1.00 e. The molecule has 2 aliphatic heterocycles. The zero-order chi connectivity index (χ0) is 35.9. The summed E-state index contributed by atoms with van der Waals surface area (Å²) in [6, 6.07) is 0. The van der Waals surface area contributed by atoms with E-state index in [1.807, 2.05) is 0 Å². The molecule has 2 rings (SSSR count). The number of carbonyl (C=O) groups is 2. The molecule has 1 amide bonds. The summed E-state index contributed by atoms with van der Waals surface area (Å²) in [4.78, 5) is 22.1. The van der Waals surface area contributed by atoms with Gasteiger partial charge in [-0.15, -0.1) is 0 Å². The van der Waals surface area contributed by atoms with Gasteiger partial charge in [-0.1, -0.05) is 13.8 Å². The van der Waals surface area contributed by atoms with E-state index in [0.29, 0.717) is 59.2 Å². The summed E-state index contributed by atoms with van der Waals surface area (Å²) in [6.45, 7) is 7.37. The molecule has 0 aromatic rings. The van der Waals surface area contributed by atoms with Crippen molar-refractivity contribution in [1.82, 2.24) is 5.32 Å². The van der Waals surface area contributed by atoms with Crippen molar-refractivity contribution in [2.75, 3.05) is 93.4 Å². The molecule has 286 valence electrons. The maximum atomic E-state index is 11.8. The first-order chi connectivity index (χ1) is 23.0. The second-order valence-electron chi connectivity index (χ2n) is 11.3. The molecule has 2 aliphatic rings. The quantitative estimate of drug-likeness (QED) is 0.0383. The molecule has 8 N–H and O–H groups in total. The van der Waals surface area contributed by atoms with E-state index >= 15 is 0 Å². The summed E-state index contributed by atoms with van der Waals surface area (Å²) in [5.41, 5.74) is 5.37. The van der Waals surface area contributed by atoms with Gasteiger partial charge in [-0.25, -0.2) is 4.79 Å². The number of rotatable bonds is 23. The smallest absolute Gasteiger partial charge is 1.00 e. The number of aliphatic hydroxyl groups is 4. The normalized spacial score (nSPS) is 29.7. The number of amides is 1. The molecule has 10 atom stereocenters. The number of aliphatic carboxylic acids is 1. The van der Waals surface area contributed by atoms with Gasteiger partial charge in [0.25, 0.3) is 0 Å². The van der Waals surface area contributed by atoms with Gasteiger partial charge in [-0.3, -0.25) is 4.79 Å². The summed E-state index contributed by atoms with van der Waals surface area (Å²) in [6.07, 6.45) is -5.54. The van der Waals surface area contributed by atoms with Gasteiger partial charge in [0.2, 0.25) is 5.91 Å². The second-order valence-corrected chi connectivity index (χ2v) is 11.3. The molecule has 0 radical (unpaired) electrons. The van der Waals surface area contributed by atoms with Crippen LogP contribution >= 0.6 is 0 Å². The molecule has 18 nitrogen and oxygen atoms in total. The fraction of sp³-hybridized carbons (Fsp3) is 0.933. The summed E-state index contributed by atoms with van der Waals surface area (Å²) < 4.78 is 47.2. The van der Waals surface area contributed by atoms with Crippen molar-refractivity contribution in [3.63, 3.8) is 0 Å². The SMILES string of the molecule is CO[C@@H]1OC(COCC(=O)NCCCOCCOCCOCCCN)[C@@H](C)[C@H](O)C1O.CO[C@@H]1OC(COCC(=O)O)[C@@H](C)[C@H](O)C1O.[H-].[Na+]. The molecule has 0 aliphatic carbocycles. The number of carboxylic acid groups (broad SMARTS) is 1. The number of hydrogen-bond acceptors (Lipinski definition) is 16. The Labute approximate surface area is 311 Å². The van der Waals surface area contributed by atoms with E-state index < -0.39 is 61.8 Å². The maximum absolute atomic E-state index is 11.8. The van der Waals surface area contributed by atoms with Gasteiger partial charge in [-0.05, 0) is 19.4 Å². The standard InChI is InChI=1S/C20H40N2O9.C10H18O7.Na.H/c1-15-16(31-20(26-2)19(25)18(15)24)13-30-14-17(23)22-6-4-8-28-10-12-29-11-9-27-7-3-5-21;1-5-6(3-16-4-7(11)12)17-10(15-2)9(14)8(5)13;;/h15-16,18-20,24-25H,3-14,21H2,1-2H3,(H,22,23);5-6,8-10,13-14H,3-4H2,1-2H3,(H,11,12);;/q;;+1;-1/t15-,16?,18+,19?,20-;5-,6?,8+,9?,10-;;/m11../s1. The molecule has 0 aromatic heterocycles. The second kappa shape index (κ2) is 28.9. The van der Waals surface area contributed by atoms with Crippen molar-refractivity contribution in [2.45, 2.75) is 75.9 Å². The molecule has 4 unspecified atom stereocenters. The number of aliphatic hydroxyl groups excluding tert-OH is 4. The monoisotopic (exact) mass is 726 g/mol. The third kappa shape index (κ3) is 19.7. The van der Waals surface area contributed by atoms with E-state index in [-0.39, 0.29) is 68.5 Å². The van der Waals surface area contributed by atoms with Gasteiger partial charge in [-0.2, -0.15) is 0 Å². The number of ether oxygens (including phenoxy) is 9. The molecule has 2 fully saturated rings. The van der Waals surface area contributed by atoms with Crippen molar-refractivity contribution >= 4 is 11.9 Å². The van der Waals surface area contributed by atoms with E-state index in [9.17, 15) is 30.0 Å². The average molecular weight is 727 g/mol. The van der Waals surface area contributed by atoms with Gasteiger partial charge in [0.1, 0.15) is 25.4 Å². The third-order valence-corrected chi connectivity index (χ3v) is 7.64. The first-order valence-electron chi connectivity index (χ1n) is 16.1. The van der Waals surface area contributed by atoms with Crippen molar-refractivity contribution in [2.24, 2.45) is 17.6 Å². The van der Waals surface area contributed by atoms with Crippen molar-refractivity contribution < 1.29 is 109 Å². The van der Waals surface area contributed by atoms with E-state index in [4.69, 9.17) is 53.5 Å². The van der Waals surface area contributed by atoms with Crippen molar-refractivity contribution in [3.8, 4) is 0 Å². The topological polar surface area (TPSA) is 256 Å². The van der Waals surface area contributed by atoms with Crippen LogP contribution in [0.5, 0.6) is 0 Å². The Morgan fingerprint density at radius 2 is 1.12 bits per heavy atom. The third-order valence-electron chi connectivity index (χ3n) is 7.64. The van der Waals surface area contributed by atoms with Crippen LogP contribution in [0.25, 0.3) is 0 Å². The van der Waals surface area contributed by atoms with Crippen LogP contribution in [-0.2, 0) is 52.2 Å².